The maximum absolute atomic E-state index is 6.37. The Bertz CT molecular complexity index is 498. The molecule has 2 N–H and O–H groups in total. The molecule has 1 fully saturated rings. The van der Waals surface area contributed by atoms with E-state index >= 15 is 0 Å². The summed E-state index contributed by atoms with van der Waals surface area (Å²) < 4.78 is 0. The summed E-state index contributed by atoms with van der Waals surface area (Å²) in [5.74, 6) is 0. The van der Waals surface area contributed by atoms with Crippen molar-refractivity contribution >= 4 is 34.5 Å². The van der Waals surface area contributed by atoms with E-state index in [-0.39, 0.29) is 0 Å². The smallest absolute Gasteiger partial charge is 0.104 e. The van der Waals surface area contributed by atoms with Crippen molar-refractivity contribution in [2.75, 3.05) is 58.3 Å². The third-order valence-corrected chi connectivity index (χ3v) is 4.35. The van der Waals surface area contributed by atoms with Gasteiger partial charge in [0.05, 0.1) is 10.7 Å². The molecule has 6 heteroatoms. The number of rotatable bonds is 5. The number of halogens is 1. The van der Waals surface area contributed by atoms with Crippen LogP contribution in [0.2, 0.25) is 5.02 Å². The van der Waals surface area contributed by atoms with Crippen LogP contribution in [0.1, 0.15) is 5.56 Å². The van der Waals surface area contributed by atoms with Gasteiger partial charge in [-0.2, -0.15) is 0 Å². The lowest BCUT2D eigenvalue weighted by Gasteiger charge is -2.37. The maximum atomic E-state index is 6.37. The summed E-state index contributed by atoms with van der Waals surface area (Å²) in [6.07, 6.45) is 0. The Balaban J connectivity index is 1.94. The van der Waals surface area contributed by atoms with Crippen LogP contribution in [-0.2, 0) is 0 Å². The third kappa shape index (κ3) is 4.54. The number of hydrogen-bond acceptors (Lipinski definition) is 4. The molecule has 0 radical (unpaired) electrons. The summed E-state index contributed by atoms with van der Waals surface area (Å²) in [4.78, 5) is 7.43. The molecule has 0 aliphatic carbocycles. The van der Waals surface area contributed by atoms with Crippen LogP contribution in [0.5, 0.6) is 0 Å². The van der Waals surface area contributed by atoms with Crippen LogP contribution < -0.4 is 10.6 Å². The number of nitrogens with two attached hydrogens (primary N) is 1. The zero-order valence-corrected chi connectivity index (χ0v) is 14.3. The van der Waals surface area contributed by atoms with Crippen molar-refractivity contribution in [2.45, 2.75) is 0 Å². The van der Waals surface area contributed by atoms with E-state index in [1.54, 1.807) is 0 Å². The van der Waals surface area contributed by atoms with E-state index < -0.39 is 0 Å². The minimum absolute atomic E-state index is 0.386. The predicted molar refractivity (Wildman–Crippen MR) is 94.5 cm³/mol. The van der Waals surface area contributed by atoms with E-state index in [2.05, 4.69) is 28.8 Å². The molecule has 4 nitrogen and oxygen atoms in total. The molecule has 21 heavy (non-hydrogen) atoms. The Kier molecular flexibility index (Phi) is 5.81. The van der Waals surface area contributed by atoms with Crippen LogP contribution in [0.25, 0.3) is 0 Å². The zero-order valence-electron chi connectivity index (χ0n) is 12.7. The highest BCUT2D eigenvalue weighted by Crippen LogP contribution is 2.27. The topological polar surface area (TPSA) is 35.7 Å². The molecule has 0 amide bonds. The first-order valence-electron chi connectivity index (χ1n) is 7.19. The van der Waals surface area contributed by atoms with Crippen LogP contribution in [0, 0.1) is 0 Å². The van der Waals surface area contributed by atoms with Gasteiger partial charge in [-0.3, -0.25) is 4.90 Å². The molecule has 0 atom stereocenters. The summed E-state index contributed by atoms with van der Waals surface area (Å²) in [5, 5.41) is 0.724. The van der Waals surface area contributed by atoms with Gasteiger partial charge in [0.1, 0.15) is 4.99 Å². The van der Waals surface area contributed by atoms with E-state index in [4.69, 9.17) is 29.6 Å². The summed E-state index contributed by atoms with van der Waals surface area (Å²) in [6.45, 7) is 6.36. The van der Waals surface area contributed by atoms with E-state index in [0.29, 0.717) is 4.99 Å². The second-order valence-electron chi connectivity index (χ2n) is 5.66. The summed E-state index contributed by atoms with van der Waals surface area (Å²) >= 11 is 11.4. The molecule has 1 aromatic rings. The number of benzene rings is 1. The number of hydrogen-bond donors (Lipinski definition) is 1. The first-order valence-corrected chi connectivity index (χ1v) is 7.97. The van der Waals surface area contributed by atoms with Crippen molar-refractivity contribution in [3.8, 4) is 0 Å². The van der Waals surface area contributed by atoms with Crippen LogP contribution >= 0.6 is 23.8 Å². The van der Waals surface area contributed by atoms with Crippen LogP contribution in [0.3, 0.4) is 0 Å². The highest BCUT2D eigenvalue weighted by molar-refractivity contribution is 7.80. The summed E-state index contributed by atoms with van der Waals surface area (Å²) in [7, 11) is 4.22. The van der Waals surface area contributed by atoms with Crippen molar-refractivity contribution in [3.63, 3.8) is 0 Å². The quantitative estimate of drug-likeness (QED) is 0.833. The zero-order chi connectivity index (χ0) is 15.4. The van der Waals surface area contributed by atoms with Gasteiger partial charge < -0.3 is 15.5 Å². The molecule has 1 aromatic carbocycles. The van der Waals surface area contributed by atoms with Gasteiger partial charge >= 0.3 is 0 Å². The van der Waals surface area contributed by atoms with E-state index in [1.807, 2.05) is 18.2 Å². The third-order valence-electron chi connectivity index (χ3n) is 3.81. The lowest BCUT2D eigenvalue weighted by molar-refractivity contribution is 0.229. The molecule has 0 saturated carbocycles. The SMILES string of the molecule is CN(C)CCN1CCN(c2ccc(C(N)=S)cc2Cl)CC1. The van der Waals surface area contributed by atoms with Gasteiger partial charge in [-0.15, -0.1) is 0 Å². The second kappa shape index (κ2) is 7.40. The average molecular weight is 327 g/mol. The normalized spacial score (nSPS) is 16.5. The van der Waals surface area contributed by atoms with Gasteiger partial charge in [0, 0.05) is 44.8 Å². The van der Waals surface area contributed by atoms with Gasteiger partial charge in [-0.1, -0.05) is 23.8 Å². The number of likely N-dealkylation sites (N-methyl/N-ethyl adjacent to an activating group) is 1. The summed E-state index contributed by atoms with van der Waals surface area (Å²) in [5.41, 5.74) is 7.53. The van der Waals surface area contributed by atoms with E-state index in [9.17, 15) is 0 Å². The Labute approximate surface area is 137 Å². The fourth-order valence-electron chi connectivity index (χ4n) is 2.47. The molecule has 1 aliphatic rings. The van der Waals surface area contributed by atoms with Gasteiger partial charge in [0.15, 0.2) is 0 Å². The number of thiocarbonyl (C=S) groups is 1. The molecule has 1 saturated heterocycles. The molecule has 1 aliphatic heterocycles. The standard InChI is InChI=1S/C15H23ClN4S/c1-18(2)5-6-19-7-9-20(10-8-19)14-4-3-12(15(17)21)11-13(14)16/h3-4,11H,5-10H2,1-2H3,(H2,17,21). The first kappa shape index (κ1) is 16.5. The monoisotopic (exact) mass is 326 g/mol. The fraction of sp³-hybridized carbons (Fsp3) is 0.533. The lowest BCUT2D eigenvalue weighted by Crippen LogP contribution is -2.48. The van der Waals surface area contributed by atoms with Crippen molar-refractivity contribution in [1.82, 2.24) is 9.80 Å². The van der Waals surface area contributed by atoms with Gasteiger partial charge in [0.25, 0.3) is 0 Å². The van der Waals surface area contributed by atoms with Crippen LogP contribution in [-0.4, -0.2) is 68.2 Å². The van der Waals surface area contributed by atoms with Crippen molar-refractivity contribution < 1.29 is 0 Å². The minimum atomic E-state index is 0.386. The fourth-order valence-corrected chi connectivity index (χ4v) is 2.90. The Morgan fingerprint density at radius 2 is 1.95 bits per heavy atom. The predicted octanol–water partition coefficient (Wildman–Crippen LogP) is 1.66. The Hall–Kier alpha value is -0.880. The number of piperazine rings is 1. The van der Waals surface area contributed by atoms with Crippen molar-refractivity contribution in [1.29, 1.82) is 0 Å². The molecule has 0 spiro atoms. The van der Waals surface area contributed by atoms with Gasteiger partial charge in [-0.05, 0) is 32.3 Å². The molecule has 0 aromatic heterocycles. The van der Waals surface area contributed by atoms with Crippen molar-refractivity contribution in [2.24, 2.45) is 5.73 Å². The Morgan fingerprint density at radius 3 is 2.48 bits per heavy atom. The molecular formula is C15H23ClN4S. The molecule has 116 valence electrons. The molecular weight excluding hydrogens is 304 g/mol. The maximum Gasteiger partial charge on any atom is 0.104 e. The number of anilines is 1. The summed E-state index contributed by atoms with van der Waals surface area (Å²) in [6, 6.07) is 5.83. The molecule has 0 bridgehead atoms. The van der Waals surface area contributed by atoms with Gasteiger partial charge in [-0.25, -0.2) is 0 Å². The first-order chi connectivity index (χ1) is 9.97. The highest BCUT2D eigenvalue weighted by Gasteiger charge is 2.19. The van der Waals surface area contributed by atoms with Crippen molar-refractivity contribution in [3.05, 3.63) is 28.8 Å². The Morgan fingerprint density at radius 1 is 1.29 bits per heavy atom. The second-order valence-corrected chi connectivity index (χ2v) is 6.51. The average Bonchev–Trinajstić information content (AvgIpc) is 2.45. The molecule has 1 heterocycles. The molecule has 0 unspecified atom stereocenters. The molecule has 2 rings (SSSR count). The van der Waals surface area contributed by atoms with Crippen LogP contribution in [0.4, 0.5) is 5.69 Å². The van der Waals surface area contributed by atoms with E-state index in [1.165, 1.54) is 0 Å². The highest BCUT2D eigenvalue weighted by atomic mass is 35.5. The lowest BCUT2D eigenvalue weighted by atomic mass is 10.1. The largest absolute Gasteiger partial charge is 0.389 e. The van der Waals surface area contributed by atoms with Crippen LogP contribution in [0.15, 0.2) is 18.2 Å². The van der Waals surface area contributed by atoms with E-state index in [0.717, 1.165) is 55.5 Å². The number of nitrogens with zero attached hydrogens (tertiary/aromatic N) is 3. The van der Waals surface area contributed by atoms with Gasteiger partial charge in [0.2, 0.25) is 0 Å². The minimum Gasteiger partial charge on any atom is -0.389 e.